The summed E-state index contributed by atoms with van der Waals surface area (Å²) in [5.74, 6) is -0.578. The van der Waals surface area contributed by atoms with E-state index in [4.69, 9.17) is 14.2 Å². The predicted molar refractivity (Wildman–Crippen MR) is 81.9 cm³/mol. The van der Waals surface area contributed by atoms with Gasteiger partial charge in [0.05, 0.1) is 13.2 Å². The van der Waals surface area contributed by atoms with Crippen LogP contribution in [0.5, 0.6) is 5.75 Å². The van der Waals surface area contributed by atoms with Gasteiger partial charge in [-0.05, 0) is 38.1 Å². The lowest BCUT2D eigenvalue weighted by atomic mass is 10.2. The standard InChI is InChI=1S/C15H17BrO5/c1-10(2)21-15(18)9-20-14(17)7-4-11-8-12(16)5-6-13(11)19-3/h4-8,10H,9H2,1-3H3/b7-4+. The second-order valence-corrected chi connectivity index (χ2v) is 5.28. The molecule has 0 atom stereocenters. The molecule has 0 unspecified atom stereocenters. The number of ether oxygens (including phenoxy) is 3. The average Bonchev–Trinajstić information content (AvgIpc) is 2.42. The molecule has 0 N–H and O–H groups in total. The number of esters is 2. The zero-order chi connectivity index (χ0) is 15.8. The van der Waals surface area contributed by atoms with E-state index in [0.29, 0.717) is 11.3 Å². The molecule has 0 aliphatic heterocycles. The van der Waals surface area contributed by atoms with E-state index in [9.17, 15) is 9.59 Å². The smallest absolute Gasteiger partial charge is 0.344 e. The SMILES string of the molecule is COc1ccc(Br)cc1/C=C/C(=O)OCC(=O)OC(C)C. The Morgan fingerprint density at radius 2 is 2.05 bits per heavy atom. The Labute approximate surface area is 132 Å². The lowest BCUT2D eigenvalue weighted by molar-refractivity contribution is -0.158. The summed E-state index contributed by atoms with van der Waals surface area (Å²) < 4.78 is 15.7. The number of hydrogen-bond acceptors (Lipinski definition) is 5. The maximum Gasteiger partial charge on any atom is 0.344 e. The van der Waals surface area contributed by atoms with E-state index in [1.165, 1.54) is 6.08 Å². The molecule has 0 aliphatic carbocycles. The topological polar surface area (TPSA) is 61.8 Å². The molecule has 6 heteroatoms. The summed E-state index contributed by atoms with van der Waals surface area (Å²) in [6.45, 7) is 3.04. The third kappa shape index (κ3) is 6.44. The summed E-state index contributed by atoms with van der Waals surface area (Å²) >= 11 is 3.34. The molecule has 0 radical (unpaired) electrons. The van der Waals surface area contributed by atoms with Crippen molar-refractivity contribution in [3.63, 3.8) is 0 Å². The number of carbonyl (C=O) groups is 2. The van der Waals surface area contributed by atoms with Crippen LogP contribution in [-0.4, -0.2) is 31.8 Å². The van der Waals surface area contributed by atoms with Crippen LogP contribution in [0.4, 0.5) is 0 Å². The fraction of sp³-hybridized carbons (Fsp3) is 0.333. The van der Waals surface area contributed by atoms with Crippen LogP contribution in [0.2, 0.25) is 0 Å². The van der Waals surface area contributed by atoms with Gasteiger partial charge in [-0.25, -0.2) is 9.59 Å². The second kappa shape index (κ2) is 8.46. The first-order chi connectivity index (χ1) is 9.92. The van der Waals surface area contributed by atoms with Crippen molar-refractivity contribution in [2.75, 3.05) is 13.7 Å². The van der Waals surface area contributed by atoms with E-state index < -0.39 is 18.5 Å². The molecule has 1 aromatic carbocycles. The van der Waals surface area contributed by atoms with E-state index >= 15 is 0 Å². The van der Waals surface area contributed by atoms with Crippen LogP contribution in [0.3, 0.4) is 0 Å². The highest BCUT2D eigenvalue weighted by molar-refractivity contribution is 9.10. The van der Waals surface area contributed by atoms with Gasteiger partial charge in [0.2, 0.25) is 0 Å². The summed E-state index contributed by atoms with van der Waals surface area (Å²) in [6.07, 6.45) is 2.55. The molecule has 114 valence electrons. The van der Waals surface area contributed by atoms with Crippen molar-refractivity contribution in [2.24, 2.45) is 0 Å². The molecule has 0 heterocycles. The van der Waals surface area contributed by atoms with Crippen molar-refractivity contribution in [3.8, 4) is 5.75 Å². The van der Waals surface area contributed by atoms with Gasteiger partial charge in [0.1, 0.15) is 5.75 Å². The molecule has 0 aliphatic rings. The van der Waals surface area contributed by atoms with Crippen molar-refractivity contribution in [2.45, 2.75) is 20.0 Å². The molecular formula is C15H17BrO5. The molecule has 0 amide bonds. The minimum Gasteiger partial charge on any atom is -0.496 e. The molecule has 1 rings (SSSR count). The Balaban J connectivity index is 2.58. The molecule has 0 bridgehead atoms. The predicted octanol–water partition coefficient (Wildman–Crippen LogP) is 2.97. The maximum absolute atomic E-state index is 11.5. The fourth-order valence-electron chi connectivity index (χ4n) is 1.47. The quantitative estimate of drug-likeness (QED) is 0.579. The highest BCUT2D eigenvalue weighted by Gasteiger charge is 2.08. The number of hydrogen-bond donors (Lipinski definition) is 0. The lowest BCUT2D eigenvalue weighted by Gasteiger charge is -2.07. The monoisotopic (exact) mass is 356 g/mol. The van der Waals surface area contributed by atoms with Crippen molar-refractivity contribution < 1.29 is 23.8 Å². The molecule has 0 fully saturated rings. The summed E-state index contributed by atoms with van der Waals surface area (Å²) in [5.41, 5.74) is 0.716. The summed E-state index contributed by atoms with van der Waals surface area (Å²) in [7, 11) is 1.54. The van der Waals surface area contributed by atoms with Crippen molar-refractivity contribution in [1.29, 1.82) is 0 Å². The molecule has 1 aromatic rings. The maximum atomic E-state index is 11.5. The third-order valence-electron chi connectivity index (χ3n) is 2.29. The lowest BCUT2D eigenvalue weighted by Crippen LogP contribution is -2.18. The fourth-order valence-corrected chi connectivity index (χ4v) is 1.85. The van der Waals surface area contributed by atoms with Gasteiger partial charge in [0.25, 0.3) is 0 Å². The van der Waals surface area contributed by atoms with E-state index in [1.54, 1.807) is 39.2 Å². The summed E-state index contributed by atoms with van der Waals surface area (Å²) in [4.78, 5) is 22.7. The van der Waals surface area contributed by atoms with Gasteiger partial charge in [0.15, 0.2) is 6.61 Å². The Kier molecular flexibility index (Phi) is 6.94. The Bertz CT molecular complexity index is 537. The Morgan fingerprint density at radius 3 is 2.67 bits per heavy atom. The van der Waals surface area contributed by atoms with E-state index in [2.05, 4.69) is 15.9 Å². The Hall–Kier alpha value is -1.82. The van der Waals surface area contributed by atoms with Gasteiger partial charge in [-0.2, -0.15) is 0 Å². The van der Waals surface area contributed by atoms with Crippen molar-refractivity contribution >= 4 is 33.9 Å². The third-order valence-corrected chi connectivity index (χ3v) is 2.78. The second-order valence-electron chi connectivity index (χ2n) is 4.37. The molecule has 0 saturated heterocycles. The summed E-state index contributed by atoms with van der Waals surface area (Å²) in [6, 6.07) is 5.40. The van der Waals surface area contributed by atoms with Crippen LogP contribution >= 0.6 is 15.9 Å². The number of rotatable bonds is 6. The summed E-state index contributed by atoms with van der Waals surface area (Å²) in [5, 5.41) is 0. The average molecular weight is 357 g/mol. The van der Waals surface area contributed by atoms with Crippen LogP contribution in [0.15, 0.2) is 28.7 Å². The van der Waals surface area contributed by atoms with Crippen LogP contribution in [-0.2, 0) is 19.1 Å². The minimum absolute atomic E-state index is 0.238. The van der Waals surface area contributed by atoms with Crippen molar-refractivity contribution in [1.82, 2.24) is 0 Å². The molecule has 0 aromatic heterocycles. The van der Waals surface area contributed by atoms with Gasteiger partial charge in [-0.3, -0.25) is 0 Å². The highest BCUT2D eigenvalue weighted by Crippen LogP contribution is 2.24. The first-order valence-electron chi connectivity index (χ1n) is 6.30. The minimum atomic E-state index is -0.627. The Morgan fingerprint density at radius 1 is 1.33 bits per heavy atom. The largest absolute Gasteiger partial charge is 0.496 e. The molecular weight excluding hydrogens is 340 g/mol. The first-order valence-corrected chi connectivity index (χ1v) is 7.09. The number of benzene rings is 1. The van der Waals surface area contributed by atoms with Crippen LogP contribution in [0.25, 0.3) is 6.08 Å². The van der Waals surface area contributed by atoms with Crippen molar-refractivity contribution in [3.05, 3.63) is 34.3 Å². The number of carbonyl (C=O) groups excluding carboxylic acids is 2. The van der Waals surface area contributed by atoms with Gasteiger partial charge in [-0.1, -0.05) is 15.9 Å². The molecule has 5 nitrogen and oxygen atoms in total. The molecule has 21 heavy (non-hydrogen) atoms. The zero-order valence-electron chi connectivity index (χ0n) is 12.1. The highest BCUT2D eigenvalue weighted by atomic mass is 79.9. The normalized spacial score (nSPS) is 10.7. The number of methoxy groups -OCH3 is 1. The zero-order valence-corrected chi connectivity index (χ0v) is 13.7. The van der Waals surface area contributed by atoms with Crippen LogP contribution in [0.1, 0.15) is 19.4 Å². The van der Waals surface area contributed by atoms with Gasteiger partial charge >= 0.3 is 11.9 Å². The molecule has 0 spiro atoms. The van der Waals surface area contributed by atoms with E-state index in [-0.39, 0.29) is 6.10 Å². The van der Waals surface area contributed by atoms with Crippen LogP contribution < -0.4 is 4.74 Å². The van der Waals surface area contributed by atoms with E-state index in [0.717, 1.165) is 4.47 Å². The van der Waals surface area contributed by atoms with Gasteiger partial charge < -0.3 is 14.2 Å². The number of halogens is 1. The molecule has 0 saturated carbocycles. The van der Waals surface area contributed by atoms with Gasteiger partial charge in [0, 0.05) is 16.1 Å². The van der Waals surface area contributed by atoms with E-state index in [1.807, 2.05) is 6.07 Å². The first kappa shape index (κ1) is 17.2. The van der Waals surface area contributed by atoms with Gasteiger partial charge in [-0.15, -0.1) is 0 Å². The van der Waals surface area contributed by atoms with Crippen LogP contribution in [0, 0.1) is 0 Å².